The molecule has 19 heavy (non-hydrogen) atoms. The van der Waals surface area contributed by atoms with Gasteiger partial charge in [0, 0.05) is 12.1 Å². The molecule has 1 N–H and O–H groups in total. The highest BCUT2D eigenvalue weighted by Gasteiger charge is 2.12. The lowest BCUT2D eigenvalue weighted by Crippen LogP contribution is -2.16. The van der Waals surface area contributed by atoms with E-state index in [1.807, 2.05) is 0 Å². The number of thiol groups is 1. The standard InChI is InChI=1S/C9H7N3O5S2/c13-8(4-19(16)17)11-9-10-6-2-1-5(12(14)15)3-7(6)18-9/h1-3,19H,4H2,(H,10,11,13). The number of nitrogens with zero attached hydrogens (tertiary/aromatic N) is 2. The van der Waals surface area contributed by atoms with Crippen molar-refractivity contribution in [3.05, 3.63) is 28.3 Å². The number of nitrogens with one attached hydrogen (secondary N) is 1. The Labute approximate surface area is 112 Å². The van der Waals surface area contributed by atoms with Gasteiger partial charge in [-0.25, -0.2) is 13.4 Å². The van der Waals surface area contributed by atoms with E-state index in [9.17, 15) is 23.3 Å². The van der Waals surface area contributed by atoms with Crippen LogP contribution in [-0.2, 0) is 15.5 Å². The number of nitro benzene ring substituents is 1. The van der Waals surface area contributed by atoms with Gasteiger partial charge in [-0.2, -0.15) is 0 Å². The number of amides is 1. The van der Waals surface area contributed by atoms with Crippen molar-refractivity contribution in [2.75, 3.05) is 11.1 Å². The van der Waals surface area contributed by atoms with E-state index in [1.54, 1.807) is 0 Å². The van der Waals surface area contributed by atoms with Crippen LogP contribution >= 0.6 is 11.3 Å². The lowest BCUT2D eigenvalue weighted by atomic mass is 10.3. The van der Waals surface area contributed by atoms with E-state index in [-0.39, 0.29) is 10.8 Å². The third-order valence-electron chi connectivity index (χ3n) is 2.10. The first-order valence-electron chi connectivity index (χ1n) is 4.92. The second-order valence-corrected chi connectivity index (χ2v) is 5.48. The van der Waals surface area contributed by atoms with Gasteiger partial charge in [0.25, 0.3) is 5.69 Å². The summed E-state index contributed by atoms with van der Waals surface area (Å²) < 4.78 is 21.3. The van der Waals surface area contributed by atoms with Crippen LogP contribution in [0.1, 0.15) is 0 Å². The molecule has 100 valence electrons. The van der Waals surface area contributed by atoms with Gasteiger partial charge in [0.05, 0.1) is 15.1 Å². The number of rotatable bonds is 4. The smallest absolute Gasteiger partial charge is 0.270 e. The van der Waals surface area contributed by atoms with E-state index < -0.39 is 27.3 Å². The molecule has 0 radical (unpaired) electrons. The summed E-state index contributed by atoms with van der Waals surface area (Å²) in [7, 11) is -2.80. The predicted octanol–water partition coefficient (Wildman–Crippen LogP) is 0.754. The molecule has 1 heterocycles. The van der Waals surface area contributed by atoms with Crippen LogP contribution in [0.25, 0.3) is 10.2 Å². The Bertz CT molecular complexity index is 729. The first-order chi connectivity index (χ1) is 8.95. The Balaban J connectivity index is 2.26. The van der Waals surface area contributed by atoms with Gasteiger partial charge in [-0.05, 0) is 6.07 Å². The van der Waals surface area contributed by atoms with Crippen LogP contribution in [0.5, 0.6) is 0 Å². The molecule has 0 bridgehead atoms. The highest BCUT2D eigenvalue weighted by atomic mass is 32.2. The summed E-state index contributed by atoms with van der Waals surface area (Å²) in [5.74, 6) is -1.31. The van der Waals surface area contributed by atoms with E-state index in [0.29, 0.717) is 10.2 Å². The molecular formula is C9H7N3O5S2. The summed E-state index contributed by atoms with van der Waals surface area (Å²) in [6.45, 7) is 0. The molecule has 8 nitrogen and oxygen atoms in total. The molecular weight excluding hydrogens is 294 g/mol. The van der Waals surface area contributed by atoms with Crippen LogP contribution in [0.2, 0.25) is 0 Å². The fraction of sp³-hybridized carbons (Fsp3) is 0.111. The molecule has 1 amide bonds. The van der Waals surface area contributed by atoms with E-state index in [4.69, 9.17) is 0 Å². The summed E-state index contributed by atoms with van der Waals surface area (Å²) >= 11 is 1.04. The Morgan fingerprint density at radius 1 is 1.47 bits per heavy atom. The highest BCUT2D eigenvalue weighted by molar-refractivity contribution is 7.73. The zero-order chi connectivity index (χ0) is 14.0. The second kappa shape index (κ2) is 5.28. The van der Waals surface area contributed by atoms with Crippen molar-refractivity contribution >= 4 is 49.0 Å². The molecule has 0 saturated carbocycles. The number of nitro groups is 1. The maximum Gasteiger partial charge on any atom is 0.270 e. The lowest BCUT2D eigenvalue weighted by molar-refractivity contribution is -0.384. The van der Waals surface area contributed by atoms with Crippen LogP contribution in [-0.4, -0.2) is 30.0 Å². The first kappa shape index (κ1) is 13.4. The van der Waals surface area contributed by atoms with Crippen LogP contribution in [0.4, 0.5) is 10.8 Å². The molecule has 0 unspecified atom stereocenters. The minimum Gasteiger partial charge on any atom is -0.301 e. The van der Waals surface area contributed by atoms with Crippen molar-refractivity contribution in [1.29, 1.82) is 0 Å². The molecule has 0 saturated heterocycles. The summed E-state index contributed by atoms with van der Waals surface area (Å²) in [4.78, 5) is 25.3. The molecule has 2 rings (SSSR count). The number of thiazole rings is 1. The Hall–Kier alpha value is -2.07. The molecule has 0 aliphatic rings. The summed E-state index contributed by atoms with van der Waals surface area (Å²) in [5, 5.41) is 13.1. The zero-order valence-electron chi connectivity index (χ0n) is 9.23. The summed E-state index contributed by atoms with van der Waals surface area (Å²) in [6.07, 6.45) is 0. The second-order valence-electron chi connectivity index (χ2n) is 3.47. The Kier molecular flexibility index (Phi) is 3.71. The molecule has 10 heteroatoms. The topological polar surface area (TPSA) is 119 Å². The number of carbonyl (C=O) groups is 1. The summed E-state index contributed by atoms with van der Waals surface area (Å²) in [6, 6.07) is 4.12. The molecule has 1 aromatic heterocycles. The molecule has 1 aromatic carbocycles. The zero-order valence-corrected chi connectivity index (χ0v) is 10.9. The van der Waals surface area contributed by atoms with Gasteiger partial charge in [0.2, 0.25) is 5.91 Å². The van der Waals surface area contributed by atoms with Crippen LogP contribution in [0.15, 0.2) is 18.2 Å². The van der Waals surface area contributed by atoms with Crippen molar-refractivity contribution in [3.8, 4) is 0 Å². The average molecular weight is 301 g/mol. The number of hydrogen-bond donors (Lipinski definition) is 2. The largest absolute Gasteiger partial charge is 0.301 e. The molecule has 0 spiro atoms. The molecule has 0 aliphatic heterocycles. The maximum absolute atomic E-state index is 11.2. The van der Waals surface area contributed by atoms with Gasteiger partial charge in [-0.3, -0.25) is 14.9 Å². The monoisotopic (exact) mass is 301 g/mol. The molecule has 2 aromatic rings. The van der Waals surface area contributed by atoms with E-state index >= 15 is 0 Å². The minimum absolute atomic E-state index is 0.0725. The maximum atomic E-state index is 11.2. The van der Waals surface area contributed by atoms with Crippen molar-refractivity contribution in [1.82, 2.24) is 4.98 Å². The third-order valence-corrected chi connectivity index (χ3v) is 3.58. The fourth-order valence-electron chi connectivity index (χ4n) is 1.36. The van der Waals surface area contributed by atoms with E-state index in [0.717, 1.165) is 11.3 Å². The Morgan fingerprint density at radius 3 is 2.84 bits per heavy atom. The SMILES string of the molecule is O=C(C[SH](=O)=O)Nc1nc2ccc([N+](=O)[O-])cc2s1. The Morgan fingerprint density at radius 2 is 2.21 bits per heavy atom. The van der Waals surface area contributed by atoms with Crippen LogP contribution in [0.3, 0.4) is 0 Å². The van der Waals surface area contributed by atoms with E-state index in [1.165, 1.54) is 18.2 Å². The average Bonchev–Trinajstić information content (AvgIpc) is 2.68. The van der Waals surface area contributed by atoms with Crippen molar-refractivity contribution in [2.24, 2.45) is 0 Å². The number of fused-ring (bicyclic) bond motifs is 1. The molecule has 0 aliphatic carbocycles. The van der Waals surface area contributed by atoms with Gasteiger partial charge in [-0.1, -0.05) is 11.3 Å². The van der Waals surface area contributed by atoms with Gasteiger partial charge < -0.3 is 5.32 Å². The lowest BCUT2D eigenvalue weighted by Gasteiger charge is -1.94. The van der Waals surface area contributed by atoms with Crippen molar-refractivity contribution in [3.63, 3.8) is 0 Å². The predicted molar refractivity (Wildman–Crippen MR) is 70.1 cm³/mol. The van der Waals surface area contributed by atoms with Gasteiger partial charge >= 0.3 is 0 Å². The van der Waals surface area contributed by atoms with Crippen LogP contribution < -0.4 is 5.32 Å². The van der Waals surface area contributed by atoms with Crippen molar-refractivity contribution < 1.29 is 18.1 Å². The molecule has 0 fully saturated rings. The van der Waals surface area contributed by atoms with Gasteiger partial charge in [0.15, 0.2) is 5.13 Å². The molecule has 0 atom stereocenters. The normalized spacial score (nSPS) is 10.8. The number of aromatic nitrogens is 1. The van der Waals surface area contributed by atoms with Gasteiger partial charge in [0.1, 0.15) is 16.5 Å². The van der Waals surface area contributed by atoms with Crippen LogP contribution in [0, 0.1) is 10.1 Å². The van der Waals surface area contributed by atoms with E-state index in [2.05, 4.69) is 10.3 Å². The quantitative estimate of drug-likeness (QED) is 0.488. The third kappa shape index (κ3) is 3.23. The number of hydrogen-bond acceptors (Lipinski definition) is 7. The number of carbonyl (C=O) groups excluding carboxylic acids is 1. The van der Waals surface area contributed by atoms with Gasteiger partial charge in [-0.15, -0.1) is 0 Å². The highest BCUT2D eigenvalue weighted by Crippen LogP contribution is 2.28. The number of benzene rings is 1. The number of anilines is 1. The minimum atomic E-state index is -2.80. The summed E-state index contributed by atoms with van der Waals surface area (Å²) in [5.41, 5.74) is 0.425. The fourth-order valence-corrected chi connectivity index (χ4v) is 2.59. The number of non-ortho nitro benzene ring substituents is 1. The first-order valence-corrected chi connectivity index (χ1v) is 7.10. The van der Waals surface area contributed by atoms with Crippen molar-refractivity contribution in [2.45, 2.75) is 0 Å².